The van der Waals surface area contributed by atoms with Gasteiger partial charge in [0.2, 0.25) is 0 Å². The fraction of sp³-hybridized carbons (Fsp3) is 0.385. The molecule has 0 atom stereocenters. The third-order valence-electron chi connectivity index (χ3n) is 6.85. The highest BCUT2D eigenvalue weighted by atomic mass is 16.6. The van der Waals surface area contributed by atoms with E-state index in [2.05, 4.69) is 10.3 Å². The number of piperidine rings is 1. The second kappa shape index (κ2) is 8.59. The van der Waals surface area contributed by atoms with Crippen LogP contribution in [0.3, 0.4) is 0 Å². The van der Waals surface area contributed by atoms with Crippen LogP contribution in [0.15, 0.2) is 48.5 Å². The van der Waals surface area contributed by atoms with Gasteiger partial charge in [-0.05, 0) is 56.0 Å². The average molecular weight is 459 g/mol. The van der Waals surface area contributed by atoms with E-state index in [0.29, 0.717) is 67.8 Å². The molecule has 3 aromatic rings. The van der Waals surface area contributed by atoms with Gasteiger partial charge in [-0.3, -0.25) is 9.59 Å². The van der Waals surface area contributed by atoms with Crippen LogP contribution in [0.4, 0.5) is 0 Å². The summed E-state index contributed by atoms with van der Waals surface area (Å²) in [5.41, 5.74) is 2.91. The lowest BCUT2D eigenvalue weighted by molar-refractivity contribution is 0.0644. The fourth-order valence-corrected chi connectivity index (χ4v) is 4.85. The number of carbonyl (C=O) groups excluding carboxylic acids is 2. The summed E-state index contributed by atoms with van der Waals surface area (Å²) in [6.45, 7) is 2.07. The molecule has 1 amide bonds. The molecule has 8 nitrogen and oxygen atoms in total. The van der Waals surface area contributed by atoms with Crippen LogP contribution in [-0.2, 0) is 0 Å². The third kappa shape index (κ3) is 3.83. The Morgan fingerprint density at radius 2 is 1.62 bits per heavy atom. The monoisotopic (exact) mass is 458 g/mol. The number of ketones is 1. The lowest BCUT2D eigenvalue weighted by atomic mass is 9.88. The Morgan fingerprint density at radius 1 is 0.882 bits per heavy atom. The fourth-order valence-electron chi connectivity index (χ4n) is 4.85. The van der Waals surface area contributed by atoms with Crippen molar-refractivity contribution in [3.8, 4) is 17.2 Å². The first-order valence-corrected chi connectivity index (χ1v) is 11.9. The van der Waals surface area contributed by atoms with Crippen molar-refractivity contribution in [1.82, 2.24) is 19.9 Å². The first-order chi connectivity index (χ1) is 16.7. The number of ether oxygens (including phenoxy) is 2. The van der Waals surface area contributed by atoms with Gasteiger partial charge in [0, 0.05) is 30.5 Å². The number of aromatic nitrogens is 3. The maximum Gasteiger partial charge on any atom is 0.276 e. The standard InChI is InChI=1S/C26H26N4O4/c31-25(19-8-9-21-22(16-19)34-15-14-33-21)18-10-12-29(13-11-18)26(32)23-24(17-6-7-17)30(28-27-23)20-4-2-1-3-5-20/h1-5,8-9,16-18H,6-7,10-15H2. The van der Waals surface area contributed by atoms with E-state index in [1.165, 1.54) is 0 Å². The van der Waals surface area contributed by atoms with E-state index >= 15 is 0 Å². The number of benzene rings is 2. The van der Waals surface area contributed by atoms with Gasteiger partial charge >= 0.3 is 0 Å². The minimum absolute atomic E-state index is 0.0886. The van der Waals surface area contributed by atoms with Gasteiger partial charge < -0.3 is 14.4 Å². The van der Waals surface area contributed by atoms with E-state index in [-0.39, 0.29) is 17.6 Å². The molecule has 0 radical (unpaired) electrons. The van der Waals surface area contributed by atoms with E-state index < -0.39 is 0 Å². The highest BCUT2D eigenvalue weighted by Gasteiger charge is 2.37. The topological polar surface area (TPSA) is 86.6 Å². The van der Waals surface area contributed by atoms with Crippen molar-refractivity contribution in [1.29, 1.82) is 0 Å². The second-order valence-corrected chi connectivity index (χ2v) is 9.13. The lowest BCUT2D eigenvalue weighted by Crippen LogP contribution is -2.40. The van der Waals surface area contributed by atoms with Gasteiger partial charge in [-0.1, -0.05) is 23.4 Å². The Bertz CT molecular complexity index is 1230. The van der Waals surface area contributed by atoms with Gasteiger partial charge in [-0.15, -0.1) is 5.10 Å². The van der Waals surface area contributed by atoms with E-state index in [1.54, 1.807) is 18.2 Å². The Hall–Kier alpha value is -3.68. The molecule has 6 rings (SSSR count). The molecule has 0 bridgehead atoms. The molecule has 3 heterocycles. The highest BCUT2D eigenvalue weighted by Crippen LogP contribution is 2.42. The summed E-state index contributed by atoms with van der Waals surface area (Å²) in [6.07, 6.45) is 3.36. The first-order valence-electron chi connectivity index (χ1n) is 11.9. The van der Waals surface area contributed by atoms with Crippen molar-refractivity contribution in [2.24, 2.45) is 5.92 Å². The molecule has 3 aliphatic rings. The lowest BCUT2D eigenvalue weighted by Gasteiger charge is -2.31. The molecule has 8 heteroatoms. The number of fused-ring (bicyclic) bond motifs is 1. The average Bonchev–Trinajstić information content (AvgIpc) is 3.65. The molecule has 2 aliphatic heterocycles. The molecule has 34 heavy (non-hydrogen) atoms. The zero-order valence-electron chi connectivity index (χ0n) is 18.9. The number of nitrogens with zero attached hydrogens (tertiary/aromatic N) is 4. The normalized spacial score (nSPS) is 18.1. The summed E-state index contributed by atoms with van der Waals surface area (Å²) in [7, 11) is 0. The van der Waals surface area contributed by atoms with Crippen LogP contribution in [0.25, 0.3) is 5.69 Å². The van der Waals surface area contributed by atoms with Crippen molar-refractivity contribution in [3.05, 3.63) is 65.5 Å². The predicted molar refractivity (Wildman–Crippen MR) is 124 cm³/mol. The van der Waals surface area contributed by atoms with E-state index in [4.69, 9.17) is 9.47 Å². The SMILES string of the molecule is O=C(c1ccc2c(c1)OCCO2)C1CCN(C(=O)c2nnn(-c3ccccc3)c2C2CC2)CC1. The molecule has 1 aliphatic carbocycles. The maximum absolute atomic E-state index is 13.4. The number of rotatable bonds is 5. The Kier molecular flexibility index (Phi) is 5.28. The number of amides is 1. The van der Waals surface area contributed by atoms with E-state index in [0.717, 1.165) is 24.2 Å². The predicted octanol–water partition coefficient (Wildman–Crippen LogP) is 3.65. The number of hydrogen-bond acceptors (Lipinski definition) is 6. The molecular formula is C26H26N4O4. The number of hydrogen-bond donors (Lipinski definition) is 0. The molecule has 2 aromatic carbocycles. The number of likely N-dealkylation sites (tertiary alicyclic amines) is 1. The zero-order valence-corrected chi connectivity index (χ0v) is 18.9. The van der Waals surface area contributed by atoms with Crippen LogP contribution in [0.1, 0.15) is 58.1 Å². The van der Waals surface area contributed by atoms with Crippen molar-refractivity contribution < 1.29 is 19.1 Å². The van der Waals surface area contributed by atoms with Crippen LogP contribution in [-0.4, -0.2) is 57.9 Å². The first kappa shape index (κ1) is 20.9. The van der Waals surface area contributed by atoms with Gasteiger partial charge in [-0.2, -0.15) is 0 Å². The van der Waals surface area contributed by atoms with E-state index in [9.17, 15) is 9.59 Å². The summed E-state index contributed by atoms with van der Waals surface area (Å²) in [6, 6.07) is 15.2. The number of para-hydroxylation sites is 1. The highest BCUT2D eigenvalue weighted by molar-refractivity contribution is 5.99. The molecule has 0 unspecified atom stereocenters. The van der Waals surface area contributed by atoms with Gasteiger partial charge in [0.05, 0.1) is 11.4 Å². The van der Waals surface area contributed by atoms with Crippen molar-refractivity contribution >= 4 is 11.7 Å². The van der Waals surface area contributed by atoms with Crippen LogP contribution < -0.4 is 9.47 Å². The smallest absolute Gasteiger partial charge is 0.276 e. The molecule has 1 aromatic heterocycles. The molecule has 0 spiro atoms. The van der Waals surface area contributed by atoms with Crippen molar-refractivity contribution in [2.75, 3.05) is 26.3 Å². The molecule has 1 saturated heterocycles. The van der Waals surface area contributed by atoms with Gasteiger partial charge in [0.25, 0.3) is 5.91 Å². The summed E-state index contributed by atoms with van der Waals surface area (Å²) >= 11 is 0. The molecule has 2 fully saturated rings. The molecular weight excluding hydrogens is 432 g/mol. The summed E-state index contributed by atoms with van der Waals surface area (Å²) in [4.78, 5) is 28.3. The third-order valence-corrected chi connectivity index (χ3v) is 6.85. The minimum atomic E-state index is -0.116. The maximum atomic E-state index is 13.4. The molecule has 0 N–H and O–H groups in total. The Balaban J connectivity index is 1.15. The summed E-state index contributed by atoms with van der Waals surface area (Å²) < 4.78 is 13.0. The molecule has 1 saturated carbocycles. The van der Waals surface area contributed by atoms with Crippen LogP contribution in [0.2, 0.25) is 0 Å². The summed E-state index contributed by atoms with van der Waals surface area (Å²) in [5, 5.41) is 8.63. The van der Waals surface area contributed by atoms with Crippen LogP contribution in [0.5, 0.6) is 11.5 Å². The van der Waals surface area contributed by atoms with Crippen LogP contribution >= 0.6 is 0 Å². The van der Waals surface area contributed by atoms with Gasteiger partial charge in [0.1, 0.15) is 13.2 Å². The minimum Gasteiger partial charge on any atom is -0.486 e. The second-order valence-electron chi connectivity index (χ2n) is 9.13. The number of Topliss-reactive ketones (excluding diaryl/α,β-unsaturated/α-hetero) is 1. The van der Waals surface area contributed by atoms with Crippen molar-refractivity contribution in [3.63, 3.8) is 0 Å². The van der Waals surface area contributed by atoms with Gasteiger partial charge in [-0.25, -0.2) is 4.68 Å². The quantitative estimate of drug-likeness (QED) is 0.543. The van der Waals surface area contributed by atoms with E-state index in [1.807, 2.05) is 39.9 Å². The Labute approximate surface area is 197 Å². The number of carbonyl (C=O) groups is 2. The molecule has 174 valence electrons. The van der Waals surface area contributed by atoms with Gasteiger partial charge in [0.15, 0.2) is 23.0 Å². The van der Waals surface area contributed by atoms with Crippen molar-refractivity contribution in [2.45, 2.75) is 31.6 Å². The summed E-state index contributed by atoms with van der Waals surface area (Å²) in [5.74, 6) is 1.52. The Morgan fingerprint density at radius 3 is 2.35 bits per heavy atom. The largest absolute Gasteiger partial charge is 0.486 e. The van der Waals surface area contributed by atoms with Crippen LogP contribution in [0, 0.1) is 5.92 Å². The zero-order chi connectivity index (χ0) is 23.1.